The number of aromatic amines is 1. The fraction of sp³-hybridized carbons (Fsp3) is 0.0833. The molecule has 1 aliphatic heterocycles. The lowest BCUT2D eigenvalue weighted by Crippen LogP contribution is -2.21. The van der Waals surface area contributed by atoms with E-state index in [4.69, 9.17) is 5.73 Å². The molecule has 0 saturated carbocycles. The van der Waals surface area contributed by atoms with Gasteiger partial charge in [0.1, 0.15) is 11.4 Å². The van der Waals surface area contributed by atoms with Crippen molar-refractivity contribution in [1.82, 2.24) is 9.97 Å². The Balaban J connectivity index is 1.36. The molecule has 0 fully saturated rings. The number of nitrogens with one attached hydrogen (secondary N) is 2. The maximum absolute atomic E-state index is 13.0. The average Bonchev–Trinajstić information content (AvgIpc) is 3.59. The van der Waals surface area contributed by atoms with Crippen LogP contribution in [0.1, 0.15) is 28.5 Å². The molecule has 2 aromatic carbocycles. The zero-order valence-corrected chi connectivity index (χ0v) is 18.3. The second-order valence-electron chi connectivity index (χ2n) is 7.52. The number of nitrogens with two attached hydrogens (primary N) is 1. The Hall–Kier alpha value is -4.24. The fourth-order valence-electron chi connectivity index (χ4n) is 3.72. The van der Waals surface area contributed by atoms with Crippen LogP contribution in [0.2, 0.25) is 0 Å². The fourth-order valence-corrected chi connectivity index (χ4v) is 4.43. The second-order valence-corrected chi connectivity index (χ2v) is 8.37. The van der Waals surface area contributed by atoms with Crippen LogP contribution in [0.3, 0.4) is 0 Å². The summed E-state index contributed by atoms with van der Waals surface area (Å²) in [6.07, 6.45) is 2.13. The number of aromatic nitrogens is 2. The van der Waals surface area contributed by atoms with E-state index in [9.17, 15) is 9.59 Å². The van der Waals surface area contributed by atoms with E-state index in [-0.39, 0.29) is 11.9 Å². The van der Waals surface area contributed by atoms with E-state index in [0.29, 0.717) is 28.7 Å². The van der Waals surface area contributed by atoms with E-state index >= 15 is 0 Å². The van der Waals surface area contributed by atoms with Gasteiger partial charge in [-0.15, -0.1) is 11.3 Å². The second kappa shape index (κ2) is 8.71. The lowest BCUT2D eigenvalue weighted by molar-refractivity contribution is -0.110. The number of H-pyrrole nitrogens is 1. The summed E-state index contributed by atoms with van der Waals surface area (Å²) in [5.41, 5.74) is 9.39. The zero-order valence-electron chi connectivity index (χ0n) is 17.4. The maximum atomic E-state index is 13.0. The van der Waals surface area contributed by atoms with E-state index in [2.05, 4.69) is 20.4 Å². The number of nitrogens with zero attached hydrogens (tertiary/aromatic N) is 3. The minimum atomic E-state index is -0.541. The SMILES string of the molecule is NC(=O)c1cc(-c2csc(NC(=O)C3=NN(c4ccccc4)C(c4ccccc4)C3)n2)c[nH]1. The monoisotopic (exact) mass is 456 g/mol. The molecule has 1 atom stereocenters. The highest BCUT2D eigenvalue weighted by molar-refractivity contribution is 7.14. The van der Waals surface area contributed by atoms with Crippen LogP contribution in [0.4, 0.5) is 10.8 Å². The van der Waals surface area contributed by atoms with E-state index in [0.717, 1.165) is 16.8 Å². The molecule has 1 unspecified atom stereocenters. The average molecular weight is 457 g/mol. The standard InChI is InChI=1S/C24H20N6O2S/c25-22(31)18-11-16(13-26-18)20-14-33-24(27-20)28-23(32)19-12-21(15-7-3-1-4-8-15)30(29-19)17-9-5-2-6-10-17/h1-11,13-14,21,26H,12H2,(H2,25,31)(H,27,28,32). The third kappa shape index (κ3) is 4.26. The third-order valence-electron chi connectivity index (χ3n) is 5.35. The summed E-state index contributed by atoms with van der Waals surface area (Å²) >= 11 is 1.30. The van der Waals surface area contributed by atoms with Crippen molar-refractivity contribution in [1.29, 1.82) is 0 Å². The maximum Gasteiger partial charge on any atom is 0.273 e. The number of primary amides is 1. The summed E-state index contributed by atoms with van der Waals surface area (Å²) in [4.78, 5) is 31.6. The number of hydrogen-bond donors (Lipinski definition) is 3. The molecule has 4 N–H and O–H groups in total. The molecule has 9 heteroatoms. The van der Waals surface area contributed by atoms with E-state index in [1.54, 1.807) is 12.3 Å². The van der Waals surface area contributed by atoms with Gasteiger partial charge in [-0.1, -0.05) is 48.5 Å². The molecule has 3 heterocycles. The molecule has 1 aliphatic rings. The molecular weight excluding hydrogens is 436 g/mol. The van der Waals surface area contributed by atoms with Crippen molar-refractivity contribution in [2.75, 3.05) is 10.3 Å². The molecule has 5 rings (SSSR count). The van der Waals surface area contributed by atoms with Crippen LogP contribution < -0.4 is 16.1 Å². The summed E-state index contributed by atoms with van der Waals surface area (Å²) in [6, 6.07) is 21.4. The largest absolute Gasteiger partial charge is 0.364 e. The number of carbonyl (C=O) groups is 2. The van der Waals surface area contributed by atoms with Gasteiger partial charge in [0.05, 0.1) is 17.4 Å². The lowest BCUT2D eigenvalue weighted by atomic mass is 10.0. The first-order valence-electron chi connectivity index (χ1n) is 10.3. The van der Waals surface area contributed by atoms with Crippen molar-refractivity contribution in [2.45, 2.75) is 12.5 Å². The lowest BCUT2D eigenvalue weighted by Gasteiger charge is -2.23. The van der Waals surface area contributed by atoms with Crippen molar-refractivity contribution >= 4 is 39.7 Å². The first-order chi connectivity index (χ1) is 16.1. The number of para-hydroxylation sites is 1. The van der Waals surface area contributed by atoms with Crippen LogP contribution in [0.5, 0.6) is 0 Å². The van der Waals surface area contributed by atoms with Gasteiger partial charge in [0.15, 0.2) is 5.13 Å². The van der Waals surface area contributed by atoms with Gasteiger partial charge in [0.2, 0.25) is 0 Å². The molecule has 0 spiro atoms. The summed E-state index contributed by atoms with van der Waals surface area (Å²) in [5.74, 6) is -0.831. The molecule has 4 aromatic rings. The minimum Gasteiger partial charge on any atom is -0.364 e. The van der Waals surface area contributed by atoms with Crippen LogP contribution >= 0.6 is 11.3 Å². The summed E-state index contributed by atoms with van der Waals surface area (Å²) in [7, 11) is 0. The number of hydrazone groups is 1. The van der Waals surface area contributed by atoms with Gasteiger partial charge in [-0.05, 0) is 23.8 Å². The van der Waals surface area contributed by atoms with Gasteiger partial charge < -0.3 is 10.7 Å². The van der Waals surface area contributed by atoms with E-state index in [1.807, 2.05) is 71.1 Å². The third-order valence-corrected chi connectivity index (χ3v) is 6.10. The molecule has 164 valence electrons. The number of hydrogen-bond acceptors (Lipinski definition) is 6. The Kier molecular flexibility index (Phi) is 5.45. The van der Waals surface area contributed by atoms with Crippen LogP contribution in [0.15, 0.2) is 83.4 Å². The Bertz CT molecular complexity index is 1330. The number of carbonyl (C=O) groups excluding carboxylic acids is 2. The number of amides is 2. The van der Waals surface area contributed by atoms with E-state index < -0.39 is 5.91 Å². The zero-order chi connectivity index (χ0) is 22.8. The van der Waals surface area contributed by atoms with Crippen molar-refractivity contribution < 1.29 is 9.59 Å². The first-order valence-corrected chi connectivity index (χ1v) is 11.2. The molecule has 0 radical (unpaired) electrons. The predicted octanol–water partition coefficient (Wildman–Crippen LogP) is 4.18. The van der Waals surface area contributed by atoms with E-state index in [1.165, 1.54) is 11.3 Å². The Morgan fingerprint density at radius 1 is 1.09 bits per heavy atom. The molecule has 8 nitrogen and oxygen atoms in total. The van der Waals surface area contributed by atoms with Crippen LogP contribution in [0.25, 0.3) is 11.3 Å². The normalized spacial score (nSPS) is 15.3. The van der Waals surface area contributed by atoms with Gasteiger partial charge in [0, 0.05) is 23.6 Å². The highest BCUT2D eigenvalue weighted by atomic mass is 32.1. The Morgan fingerprint density at radius 2 is 1.82 bits per heavy atom. The Morgan fingerprint density at radius 3 is 2.52 bits per heavy atom. The molecule has 0 aliphatic carbocycles. The van der Waals surface area contributed by atoms with Crippen molar-refractivity contribution in [2.24, 2.45) is 10.8 Å². The number of anilines is 2. The van der Waals surface area contributed by atoms with Crippen LogP contribution in [0, 0.1) is 0 Å². The molecule has 2 aromatic heterocycles. The first kappa shape index (κ1) is 20.7. The van der Waals surface area contributed by atoms with Crippen molar-refractivity contribution in [3.05, 3.63) is 89.6 Å². The smallest absolute Gasteiger partial charge is 0.273 e. The predicted molar refractivity (Wildman–Crippen MR) is 129 cm³/mol. The number of rotatable bonds is 6. The number of benzene rings is 2. The molecule has 2 amide bonds. The minimum absolute atomic E-state index is 0.0757. The van der Waals surface area contributed by atoms with Gasteiger partial charge in [0.25, 0.3) is 11.8 Å². The van der Waals surface area contributed by atoms with Crippen LogP contribution in [-0.2, 0) is 4.79 Å². The summed E-state index contributed by atoms with van der Waals surface area (Å²) < 4.78 is 0. The highest BCUT2D eigenvalue weighted by Gasteiger charge is 2.32. The number of thiazole rings is 1. The van der Waals surface area contributed by atoms with Crippen molar-refractivity contribution in [3.63, 3.8) is 0 Å². The molecule has 0 saturated heterocycles. The quantitative estimate of drug-likeness (QED) is 0.403. The van der Waals surface area contributed by atoms with Gasteiger partial charge >= 0.3 is 0 Å². The highest BCUT2D eigenvalue weighted by Crippen LogP contribution is 2.35. The van der Waals surface area contributed by atoms with Crippen LogP contribution in [-0.4, -0.2) is 27.5 Å². The topological polar surface area (TPSA) is 116 Å². The van der Waals surface area contributed by atoms with Gasteiger partial charge in [-0.2, -0.15) is 5.10 Å². The summed E-state index contributed by atoms with van der Waals surface area (Å²) in [5, 5.41) is 11.7. The molecule has 33 heavy (non-hydrogen) atoms. The Labute approximate surface area is 193 Å². The van der Waals surface area contributed by atoms with Crippen molar-refractivity contribution in [3.8, 4) is 11.3 Å². The van der Waals surface area contributed by atoms with Gasteiger partial charge in [-0.3, -0.25) is 19.9 Å². The van der Waals surface area contributed by atoms with Gasteiger partial charge in [-0.25, -0.2) is 4.98 Å². The molecular formula is C24H20N6O2S. The summed E-state index contributed by atoms with van der Waals surface area (Å²) in [6.45, 7) is 0. The molecule has 0 bridgehead atoms.